The first kappa shape index (κ1) is 20.5. The molecule has 6 nitrogen and oxygen atoms in total. The van der Waals surface area contributed by atoms with E-state index in [1.54, 1.807) is 13.0 Å². The third-order valence-corrected chi connectivity index (χ3v) is 6.49. The number of carbonyl (C=O) groups excluding carboxylic acids is 1. The van der Waals surface area contributed by atoms with Crippen molar-refractivity contribution in [2.45, 2.75) is 37.8 Å². The SMILES string of the molecule is COC(=O)c1cc(S(=O)(=O)NCc2ccccc2CN2CCCC2)ccc1C. The van der Waals surface area contributed by atoms with Crippen molar-refractivity contribution in [2.75, 3.05) is 20.2 Å². The minimum Gasteiger partial charge on any atom is -0.465 e. The van der Waals surface area contributed by atoms with Crippen molar-refractivity contribution >= 4 is 16.0 Å². The highest BCUT2D eigenvalue weighted by atomic mass is 32.2. The first-order valence-corrected chi connectivity index (χ1v) is 10.9. The maximum Gasteiger partial charge on any atom is 0.338 e. The van der Waals surface area contributed by atoms with Gasteiger partial charge in [0.25, 0.3) is 0 Å². The molecule has 0 aliphatic carbocycles. The van der Waals surface area contributed by atoms with Crippen LogP contribution in [0.2, 0.25) is 0 Å². The van der Waals surface area contributed by atoms with Gasteiger partial charge in [-0.15, -0.1) is 0 Å². The lowest BCUT2D eigenvalue weighted by atomic mass is 10.1. The van der Waals surface area contributed by atoms with Crippen molar-refractivity contribution in [3.63, 3.8) is 0 Å². The molecule has 1 saturated heterocycles. The molecule has 28 heavy (non-hydrogen) atoms. The van der Waals surface area contributed by atoms with Crippen LogP contribution >= 0.6 is 0 Å². The van der Waals surface area contributed by atoms with E-state index in [0.717, 1.165) is 30.8 Å². The van der Waals surface area contributed by atoms with Crippen LogP contribution in [0.1, 0.15) is 39.9 Å². The van der Waals surface area contributed by atoms with E-state index in [0.29, 0.717) is 5.56 Å². The van der Waals surface area contributed by atoms with E-state index in [1.807, 2.05) is 24.3 Å². The Morgan fingerprint density at radius 1 is 1.11 bits per heavy atom. The van der Waals surface area contributed by atoms with Gasteiger partial charge in [-0.1, -0.05) is 30.3 Å². The highest BCUT2D eigenvalue weighted by Gasteiger charge is 2.19. The minimum atomic E-state index is -3.75. The van der Waals surface area contributed by atoms with Crippen LogP contribution in [0.15, 0.2) is 47.4 Å². The molecule has 0 atom stereocenters. The van der Waals surface area contributed by atoms with Gasteiger partial charge < -0.3 is 4.74 Å². The zero-order valence-corrected chi connectivity index (χ0v) is 17.1. The number of hydrogen-bond donors (Lipinski definition) is 1. The van der Waals surface area contributed by atoms with Gasteiger partial charge >= 0.3 is 5.97 Å². The third kappa shape index (κ3) is 4.79. The maximum absolute atomic E-state index is 12.8. The number of aryl methyl sites for hydroxylation is 1. The van der Waals surface area contributed by atoms with Gasteiger partial charge in [-0.05, 0) is 61.7 Å². The summed E-state index contributed by atoms with van der Waals surface area (Å²) in [5.41, 5.74) is 3.01. The molecule has 1 N–H and O–H groups in total. The number of nitrogens with one attached hydrogen (secondary N) is 1. The van der Waals surface area contributed by atoms with E-state index in [2.05, 4.69) is 9.62 Å². The average molecular weight is 403 g/mol. The quantitative estimate of drug-likeness (QED) is 0.721. The zero-order valence-electron chi connectivity index (χ0n) is 16.3. The van der Waals surface area contributed by atoms with Crippen LogP contribution in [0.5, 0.6) is 0 Å². The molecule has 1 aliphatic rings. The summed E-state index contributed by atoms with van der Waals surface area (Å²) in [4.78, 5) is 14.3. The molecule has 0 spiro atoms. The molecule has 2 aromatic carbocycles. The molecule has 7 heteroatoms. The predicted molar refractivity (Wildman–Crippen MR) is 107 cm³/mol. The van der Waals surface area contributed by atoms with Gasteiger partial charge in [0.1, 0.15) is 0 Å². The highest BCUT2D eigenvalue weighted by Crippen LogP contribution is 2.19. The monoisotopic (exact) mass is 402 g/mol. The fourth-order valence-corrected chi connectivity index (χ4v) is 4.45. The molecule has 2 aromatic rings. The number of hydrogen-bond acceptors (Lipinski definition) is 5. The lowest BCUT2D eigenvalue weighted by Gasteiger charge is -2.18. The Kier molecular flexibility index (Phi) is 6.49. The largest absolute Gasteiger partial charge is 0.465 e. The molecule has 150 valence electrons. The number of methoxy groups -OCH3 is 1. The predicted octanol–water partition coefficient (Wildman–Crippen LogP) is 2.86. The van der Waals surface area contributed by atoms with E-state index in [4.69, 9.17) is 4.74 Å². The Morgan fingerprint density at radius 2 is 1.79 bits per heavy atom. The van der Waals surface area contributed by atoms with Crippen molar-refractivity contribution in [1.82, 2.24) is 9.62 Å². The van der Waals surface area contributed by atoms with Gasteiger partial charge in [0, 0.05) is 13.1 Å². The Bertz CT molecular complexity index is 951. The number of nitrogens with zero attached hydrogens (tertiary/aromatic N) is 1. The minimum absolute atomic E-state index is 0.0514. The Morgan fingerprint density at radius 3 is 2.46 bits per heavy atom. The molecule has 0 aromatic heterocycles. The smallest absolute Gasteiger partial charge is 0.338 e. The van der Waals surface area contributed by atoms with Crippen molar-refractivity contribution < 1.29 is 17.9 Å². The van der Waals surface area contributed by atoms with Gasteiger partial charge in [-0.25, -0.2) is 17.9 Å². The number of benzene rings is 2. The first-order chi connectivity index (χ1) is 13.4. The van der Waals surface area contributed by atoms with E-state index >= 15 is 0 Å². The van der Waals surface area contributed by atoms with E-state index in [9.17, 15) is 13.2 Å². The molecular formula is C21H26N2O4S. The number of likely N-dealkylation sites (tertiary alicyclic amines) is 1. The maximum atomic E-state index is 12.8. The summed E-state index contributed by atoms with van der Waals surface area (Å²) in [6.07, 6.45) is 2.43. The summed E-state index contributed by atoms with van der Waals surface area (Å²) in [5.74, 6) is -0.550. The first-order valence-electron chi connectivity index (χ1n) is 9.38. The number of esters is 1. The van der Waals surface area contributed by atoms with E-state index in [1.165, 1.54) is 32.1 Å². The summed E-state index contributed by atoms with van der Waals surface area (Å²) in [5, 5.41) is 0. The van der Waals surface area contributed by atoms with Gasteiger partial charge in [0.15, 0.2) is 0 Å². The van der Waals surface area contributed by atoms with Crippen molar-refractivity contribution in [2.24, 2.45) is 0 Å². The van der Waals surface area contributed by atoms with Gasteiger partial charge in [-0.3, -0.25) is 4.90 Å². The second-order valence-corrected chi connectivity index (χ2v) is 8.81. The highest BCUT2D eigenvalue weighted by molar-refractivity contribution is 7.89. The summed E-state index contributed by atoms with van der Waals surface area (Å²) in [7, 11) is -2.48. The molecule has 3 rings (SSSR count). The van der Waals surface area contributed by atoms with Crippen LogP contribution in [0.25, 0.3) is 0 Å². The fourth-order valence-electron chi connectivity index (χ4n) is 3.42. The van der Waals surface area contributed by atoms with E-state index in [-0.39, 0.29) is 17.0 Å². The standard InChI is InChI=1S/C21H26N2O4S/c1-16-9-10-19(13-20(16)21(24)27-2)28(25,26)22-14-17-7-3-4-8-18(17)15-23-11-5-6-12-23/h3-4,7-10,13,22H,5-6,11-12,14-15H2,1-2H3. The molecule has 0 saturated carbocycles. The Balaban J connectivity index is 1.76. The second-order valence-electron chi connectivity index (χ2n) is 7.04. The van der Waals surface area contributed by atoms with Crippen molar-refractivity contribution in [3.8, 4) is 0 Å². The lowest BCUT2D eigenvalue weighted by molar-refractivity contribution is 0.0599. The summed E-state index contributed by atoms with van der Waals surface area (Å²) in [6, 6.07) is 12.4. The molecule has 0 amide bonds. The van der Waals surface area contributed by atoms with Crippen LogP contribution in [0, 0.1) is 6.92 Å². The lowest BCUT2D eigenvalue weighted by Crippen LogP contribution is -2.25. The number of rotatable bonds is 7. The molecule has 0 radical (unpaired) electrons. The number of ether oxygens (including phenoxy) is 1. The topological polar surface area (TPSA) is 75.7 Å². The molecule has 1 fully saturated rings. The van der Waals surface area contributed by atoms with Gasteiger partial charge in [-0.2, -0.15) is 0 Å². The molecule has 1 aliphatic heterocycles. The van der Waals surface area contributed by atoms with Crippen molar-refractivity contribution in [3.05, 3.63) is 64.7 Å². The summed E-state index contributed by atoms with van der Waals surface area (Å²) in [6.45, 7) is 4.94. The van der Waals surface area contributed by atoms with Crippen molar-refractivity contribution in [1.29, 1.82) is 0 Å². The molecule has 1 heterocycles. The summed E-state index contributed by atoms with van der Waals surface area (Å²) < 4.78 is 32.9. The van der Waals surface area contributed by atoms with Crippen LogP contribution < -0.4 is 4.72 Å². The zero-order chi connectivity index (χ0) is 20.1. The average Bonchev–Trinajstić information content (AvgIpc) is 3.20. The molecule has 0 bridgehead atoms. The van der Waals surface area contributed by atoms with Gasteiger partial charge in [0.05, 0.1) is 17.6 Å². The molecule has 0 unspecified atom stereocenters. The Hall–Kier alpha value is -2.22. The van der Waals surface area contributed by atoms with Gasteiger partial charge in [0.2, 0.25) is 10.0 Å². The number of carbonyl (C=O) groups is 1. The number of sulfonamides is 1. The van der Waals surface area contributed by atoms with Crippen LogP contribution in [-0.2, 0) is 27.8 Å². The van der Waals surface area contributed by atoms with Crippen LogP contribution in [0.3, 0.4) is 0 Å². The van der Waals surface area contributed by atoms with Crippen LogP contribution in [-0.4, -0.2) is 39.5 Å². The van der Waals surface area contributed by atoms with E-state index < -0.39 is 16.0 Å². The normalized spacial score (nSPS) is 14.9. The third-order valence-electron chi connectivity index (χ3n) is 5.09. The molecular weight excluding hydrogens is 376 g/mol. The van der Waals surface area contributed by atoms with Crippen LogP contribution in [0.4, 0.5) is 0 Å². The Labute approximate surface area is 166 Å². The fraction of sp³-hybridized carbons (Fsp3) is 0.381. The summed E-state index contributed by atoms with van der Waals surface area (Å²) >= 11 is 0. The second kappa shape index (κ2) is 8.86.